The monoisotopic (exact) mass is 296 g/mol. The van der Waals surface area contributed by atoms with Crippen LogP contribution >= 0.6 is 0 Å². The number of hydrogen-bond acceptors (Lipinski definition) is 7. The maximum Gasteiger partial charge on any atom is 0.353 e. The largest absolute Gasteiger partial charge is 0.364 e. The standard InChI is InChI=1S/C13H24N6O2/c1-5-6-14-12-11(19(20)21)13(17-9-16-12)15-7-8-18(4)10(2)3/h9-10H,5-8H2,1-4H3,(H2,14,15,16,17). The van der Waals surface area contributed by atoms with Crippen LogP contribution in [0.15, 0.2) is 6.33 Å². The summed E-state index contributed by atoms with van der Waals surface area (Å²) in [6.07, 6.45) is 2.20. The Morgan fingerprint density at radius 3 is 2.33 bits per heavy atom. The van der Waals surface area contributed by atoms with Crippen LogP contribution in [0.1, 0.15) is 27.2 Å². The molecule has 0 bridgehead atoms. The van der Waals surface area contributed by atoms with Crippen LogP contribution in [0.25, 0.3) is 0 Å². The van der Waals surface area contributed by atoms with E-state index >= 15 is 0 Å². The molecule has 21 heavy (non-hydrogen) atoms. The number of likely N-dealkylation sites (N-methyl/N-ethyl adjacent to an activating group) is 1. The smallest absolute Gasteiger partial charge is 0.353 e. The van der Waals surface area contributed by atoms with Crippen molar-refractivity contribution >= 4 is 17.3 Å². The van der Waals surface area contributed by atoms with Crippen molar-refractivity contribution in [2.45, 2.75) is 33.2 Å². The number of aromatic nitrogens is 2. The van der Waals surface area contributed by atoms with Crippen molar-refractivity contribution < 1.29 is 4.92 Å². The molecule has 1 heterocycles. The van der Waals surface area contributed by atoms with E-state index in [2.05, 4.69) is 39.3 Å². The first-order valence-electron chi connectivity index (χ1n) is 7.14. The van der Waals surface area contributed by atoms with Crippen LogP contribution in [0, 0.1) is 10.1 Å². The van der Waals surface area contributed by atoms with Crippen LogP contribution < -0.4 is 10.6 Å². The molecule has 2 N–H and O–H groups in total. The van der Waals surface area contributed by atoms with Gasteiger partial charge in [-0.3, -0.25) is 10.1 Å². The van der Waals surface area contributed by atoms with Crippen LogP contribution in [-0.4, -0.2) is 52.5 Å². The minimum Gasteiger partial charge on any atom is -0.364 e. The summed E-state index contributed by atoms with van der Waals surface area (Å²) in [5.74, 6) is 0.516. The van der Waals surface area contributed by atoms with Crippen molar-refractivity contribution in [3.05, 3.63) is 16.4 Å². The summed E-state index contributed by atoms with van der Waals surface area (Å²) in [7, 11) is 2.01. The molecule has 118 valence electrons. The lowest BCUT2D eigenvalue weighted by atomic mass is 10.3. The molecule has 0 aliphatic rings. The fourth-order valence-corrected chi connectivity index (χ4v) is 1.66. The first-order chi connectivity index (χ1) is 9.97. The number of anilines is 2. The summed E-state index contributed by atoms with van der Waals surface area (Å²) in [4.78, 5) is 20.9. The molecule has 0 aliphatic heterocycles. The molecule has 0 saturated carbocycles. The Morgan fingerprint density at radius 2 is 1.86 bits per heavy atom. The SMILES string of the molecule is CCCNc1ncnc(NCCN(C)C(C)C)c1[N+](=O)[O-]. The molecular formula is C13H24N6O2. The van der Waals surface area contributed by atoms with E-state index in [-0.39, 0.29) is 17.3 Å². The zero-order valence-corrected chi connectivity index (χ0v) is 13.1. The van der Waals surface area contributed by atoms with Gasteiger partial charge in [-0.25, -0.2) is 9.97 Å². The van der Waals surface area contributed by atoms with Gasteiger partial charge in [0.15, 0.2) is 0 Å². The van der Waals surface area contributed by atoms with Crippen LogP contribution in [0.5, 0.6) is 0 Å². The number of rotatable bonds is 9. The van der Waals surface area contributed by atoms with Gasteiger partial charge in [0.25, 0.3) is 0 Å². The van der Waals surface area contributed by atoms with Crippen molar-refractivity contribution in [3.63, 3.8) is 0 Å². The molecule has 1 aromatic heterocycles. The first-order valence-corrected chi connectivity index (χ1v) is 7.14. The van der Waals surface area contributed by atoms with Crippen LogP contribution in [-0.2, 0) is 0 Å². The summed E-state index contributed by atoms with van der Waals surface area (Å²) < 4.78 is 0. The Bertz CT molecular complexity index is 466. The summed E-state index contributed by atoms with van der Waals surface area (Å²) >= 11 is 0. The molecule has 0 saturated heterocycles. The minimum atomic E-state index is -0.452. The maximum atomic E-state index is 11.2. The van der Waals surface area contributed by atoms with Gasteiger partial charge in [0.2, 0.25) is 11.6 Å². The number of nitrogens with one attached hydrogen (secondary N) is 2. The predicted molar refractivity (Wildman–Crippen MR) is 83.7 cm³/mol. The maximum absolute atomic E-state index is 11.2. The normalized spacial score (nSPS) is 11.0. The molecule has 0 spiro atoms. The third-order valence-corrected chi connectivity index (χ3v) is 3.19. The quantitative estimate of drug-likeness (QED) is 0.531. The highest BCUT2D eigenvalue weighted by Crippen LogP contribution is 2.28. The van der Waals surface area contributed by atoms with Crippen molar-refractivity contribution in [3.8, 4) is 0 Å². The van der Waals surface area contributed by atoms with E-state index < -0.39 is 4.92 Å². The number of hydrogen-bond donors (Lipinski definition) is 2. The van der Waals surface area contributed by atoms with Gasteiger partial charge in [0.05, 0.1) is 4.92 Å². The van der Waals surface area contributed by atoms with Gasteiger partial charge in [-0.15, -0.1) is 0 Å². The van der Waals surface area contributed by atoms with Gasteiger partial charge in [-0.1, -0.05) is 6.92 Å². The van der Waals surface area contributed by atoms with Crippen molar-refractivity contribution in [2.75, 3.05) is 37.3 Å². The lowest BCUT2D eigenvalue weighted by Crippen LogP contribution is -2.31. The summed E-state index contributed by atoms with van der Waals surface area (Å²) in [6, 6.07) is 0.425. The van der Waals surface area contributed by atoms with Crippen molar-refractivity contribution in [1.82, 2.24) is 14.9 Å². The molecular weight excluding hydrogens is 272 g/mol. The van der Waals surface area contributed by atoms with Gasteiger partial charge in [0, 0.05) is 25.7 Å². The third-order valence-electron chi connectivity index (χ3n) is 3.19. The highest BCUT2D eigenvalue weighted by Gasteiger charge is 2.22. The summed E-state index contributed by atoms with van der Waals surface area (Å²) in [5.41, 5.74) is -0.0989. The average Bonchev–Trinajstić information content (AvgIpc) is 2.44. The average molecular weight is 296 g/mol. The van der Waals surface area contributed by atoms with Gasteiger partial charge in [0.1, 0.15) is 6.33 Å². The lowest BCUT2D eigenvalue weighted by Gasteiger charge is -2.21. The molecule has 0 fully saturated rings. The van der Waals surface area contributed by atoms with Crippen LogP contribution in [0.2, 0.25) is 0 Å². The molecule has 0 aliphatic carbocycles. The Labute approximate surface area is 125 Å². The first kappa shape index (κ1) is 17.1. The fraction of sp³-hybridized carbons (Fsp3) is 0.692. The molecule has 0 unspecified atom stereocenters. The van der Waals surface area contributed by atoms with Crippen LogP contribution in [0.4, 0.5) is 17.3 Å². The second-order valence-electron chi connectivity index (χ2n) is 5.10. The lowest BCUT2D eigenvalue weighted by molar-refractivity contribution is -0.383. The second kappa shape index (κ2) is 8.35. The summed E-state index contributed by atoms with van der Waals surface area (Å²) in [5, 5.41) is 17.2. The molecule has 1 aromatic rings. The van der Waals surface area contributed by atoms with Crippen molar-refractivity contribution in [2.24, 2.45) is 0 Å². The number of nitrogens with zero attached hydrogens (tertiary/aromatic N) is 4. The molecule has 0 aromatic carbocycles. The number of nitro groups is 1. The molecule has 0 radical (unpaired) electrons. The molecule has 8 heteroatoms. The van der Waals surface area contributed by atoms with E-state index in [9.17, 15) is 10.1 Å². The molecule has 1 rings (SSSR count). The van der Waals surface area contributed by atoms with E-state index in [0.29, 0.717) is 19.1 Å². The third kappa shape index (κ3) is 5.14. The molecule has 0 atom stereocenters. The van der Waals surface area contributed by atoms with E-state index in [0.717, 1.165) is 13.0 Å². The summed E-state index contributed by atoms with van der Waals surface area (Å²) in [6.45, 7) is 8.17. The topological polar surface area (TPSA) is 96.2 Å². The van der Waals surface area contributed by atoms with Gasteiger partial charge in [-0.2, -0.15) is 0 Å². The van der Waals surface area contributed by atoms with E-state index in [4.69, 9.17) is 0 Å². The molecule has 0 amide bonds. The zero-order chi connectivity index (χ0) is 15.8. The van der Waals surface area contributed by atoms with E-state index in [1.165, 1.54) is 6.33 Å². The van der Waals surface area contributed by atoms with Gasteiger partial charge < -0.3 is 15.5 Å². The predicted octanol–water partition coefficient (Wildman–Crippen LogP) is 1.96. The zero-order valence-electron chi connectivity index (χ0n) is 13.1. The fourth-order valence-electron chi connectivity index (χ4n) is 1.66. The minimum absolute atomic E-state index is 0.0989. The molecule has 8 nitrogen and oxygen atoms in total. The highest BCUT2D eigenvalue weighted by atomic mass is 16.6. The Kier molecular flexibility index (Phi) is 6.80. The Hall–Kier alpha value is -1.96. The van der Waals surface area contributed by atoms with E-state index in [1.807, 2.05) is 14.0 Å². The second-order valence-corrected chi connectivity index (χ2v) is 5.10. The van der Waals surface area contributed by atoms with E-state index in [1.54, 1.807) is 0 Å². The van der Waals surface area contributed by atoms with Crippen molar-refractivity contribution in [1.29, 1.82) is 0 Å². The van der Waals surface area contributed by atoms with Gasteiger partial charge >= 0.3 is 5.69 Å². The van der Waals surface area contributed by atoms with Gasteiger partial charge in [-0.05, 0) is 27.3 Å². The van der Waals surface area contributed by atoms with Crippen LogP contribution in [0.3, 0.4) is 0 Å². The Morgan fingerprint density at radius 1 is 1.29 bits per heavy atom. The Balaban J connectivity index is 2.79. The highest BCUT2D eigenvalue weighted by molar-refractivity contribution is 5.69.